The maximum atomic E-state index is 13.1. The summed E-state index contributed by atoms with van der Waals surface area (Å²) in [6.45, 7) is 3.47. The highest BCUT2D eigenvalue weighted by Gasteiger charge is 2.43. The van der Waals surface area contributed by atoms with Gasteiger partial charge in [0.05, 0.1) is 39.0 Å². The van der Waals surface area contributed by atoms with Gasteiger partial charge in [0, 0.05) is 11.1 Å². The number of ether oxygens (including phenoxy) is 4. The molecule has 0 aromatic heterocycles. The van der Waals surface area contributed by atoms with Crippen molar-refractivity contribution in [3.8, 4) is 29.1 Å². The Morgan fingerprint density at radius 3 is 2.30 bits per heavy atom. The first-order valence-electron chi connectivity index (χ1n) is 9.27. The molecule has 1 aliphatic heterocycles. The SMILES string of the molecule is COc1cc(C(=O)N[C@H]2c3cc(C#N)ccc3OC(C)(C)[C@@H]2O)cc(OC)c1OC. The second kappa shape index (κ2) is 8.13. The summed E-state index contributed by atoms with van der Waals surface area (Å²) >= 11 is 0. The highest BCUT2D eigenvalue weighted by atomic mass is 16.5. The number of benzene rings is 2. The summed E-state index contributed by atoms with van der Waals surface area (Å²) in [6.07, 6.45) is -1.05. The van der Waals surface area contributed by atoms with Crippen molar-refractivity contribution < 1.29 is 28.8 Å². The zero-order valence-corrected chi connectivity index (χ0v) is 17.5. The van der Waals surface area contributed by atoms with Crippen molar-refractivity contribution in [2.75, 3.05) is 21.3 Å². The zero-order chi connectivity index (χ0) is 22.1. The summed E-state index contributed by atoms with van der Waals surface area (Å²) in [5, 5.41) is 23.0. The third-order valence-corrected chi connectivity index (χ3v) is 5.09. The molecule has 2 atom stereocenters. The molecule has 0 aliphatic carbocycles. The summed E-state index contributed by atoms with van der Waals surface area (Å²) in [4.78, 5) is 13.1. The molecule has 2 aromatic rings. The van der Waals surface area contributed by atoms with E-state index in [-0.39, 0.29) is 5.56 Å². The monoisotopic (exact) mass is 412 g/mol. The molecule has 0 spiro atoms. The molecule has 2 aromatic carbocycles. The molecule has 3 rings (SSSR count). The van der Waals surface area contributed by atoms with Crippen molar-refractivity contribution >= 4 is 5.91 Å². The van der Waals surface area contributed by atoms with Crippen molar-refractivity contribution in [1.82, 2.24) is 5.32 Å². The third-order valence-electron chi connectivity index (χ3n) is 5.09. The molecule has 1 heterocycles. The second-order valence-corrected chi connectivity index (χ2v) is 7.38. The lowest BCUT2D eigenvalue weighted by Crippen LogP contribution is -2.53. The third kappa shape index (κ3) is 3.72. The molecule has 0 saturated carbocycles. The quantitative estimate of drug-likeness (QED) is 0.777. The van der Waals surface area contributed by atoms with Crippen LogP contribution in [0.2, 0.25) is 0 Å². The average molecular weight is 412 g/mol. The van der Waals surface area contributed by atoms with E-state index in [1.54, 1.807) is 32.0 Å². The van der Waals surface area contributed by atoms with Crippen LogP contribution in [0.5, 0.6) is 23.0 Å². The molecule has 2 N–H and O–H groups in total. The van der Waals surface area contributed by atoms with Crippen LogP contribution in [-0.4, -0.2) is 44.0 Å². The highest BCUT2D eigenvalue weighted by molar-refractivity contribution is 5.96. The summed E-state index contributed by atoms with van der Waals surface area (Å²) in [6, 6.07) is 9.23. The molecule has 0 fully saturated rings. The van der Waals surface area contributed by atoms with Crippen molar-refractivity contribution in [2.24, 2.45) is 0 Å². The number of methoxy groups -OCH3 is 3. The molecule has 0 radical (unpaired) electrons. The van der Waals surface area contributed by atoms with E-state index in [0.717, 1.165) is 0 Å². The van der Waals surface area contributed by atoms with Crippen LogP contribution in [0.4, 0.5) is 0 Å². The molecule has 0 bridgehead atoms. The minimum absolute atomic E-state index is 0.263. The molecule has 1 aliphatic rings. The average Bonchev–Trinajstić information content (AvgIpc) is 2.75. The van der Waals surface area contributed by atoms with Gasteiger partial charge in [-0.05, 0) is 44.2 Å². The number of carbonyl (C=O) groups excluding carboxylic acids is 1. The van der Waals surface area contributed by atoms with Crippen LogP contribution in [-0.2, 0) is 0 Å². The number of hydrogen-bond donors (Lipinski definition) is 2. The summed E-state index contributed by atoms with van der Waals surface area (Å²) < 4.78 is 21.8. The Labute approximate surface area is 174 Å². The van der Waals surface area contributed by atoms with Gasteiger partial charge in [0.15, 0.2) is 11.5 Å². The topological polar surface area (TPSA) is 110 Å². The van der Waals surface area contributed by atoms with Crippen molar-refractivity contribution in [2.45, 2.75) is 31.6 Å². The van der Waals surface area contributed by atoms with E-state index in [0.29, 0.717) is 34.1 Å². The summed E-state index contributed by atoms with van der Waals surface area (Å²) in [7, 11) is 4.40. The van der Waals surface area contributed by atoms with E-state index >= 15 is 0 Å². The van der Waals surface area contributed by atoms with E-state index in [1.807, 2.05) is 0 Å². The first-order valence-corrected chi connectivity index (χ1v) is 9.27. The maximum Gasteiger partial charge on any atom is 0.252 e. The number of carbonyl (C=O) groups is 1. The molecule has 158 valence electrons. The Morgan fingerprint density at radius 1 is 1.13 bits per heavy atom. The van der Waals surface area contributed by atoms with E-state index in [9.17, 15) is 15.2 Å². The van der Waals surface area contributed by atoms with Gasteiger partial charge in [-0.3, -0.25) is 4.79 Å². The van der Waals surface area contributed by atoms with Crippen LogP contribution in [0.15, 0.2) is 30.3 Å². The predicted octanol–water partition coefficient (Wildman–Crippen LogP) is 2.59. The lowest BCUT2D eigenvalue weighted by Gasteiger charge is -2.42. The number of hydrogen-bond acceptors (Lipinski definition) is 7. The molecule has 8 heteroatoms. The minimum atomic E-state index is -1.05. The fraction of sp³-hybridized carbons (Fsp3) is 0.364. The summed E-state index contributed by atoms with van der Waals surface area (Å²) in [5.74, 6) is 1.08. The van der Waals surface area contributed by atoms with Gasteiger partial charge in [-0.15, -0.1) is 0 Å². The predicted molar refractivity (Wildman–Crippen MR) is 108 cm³/mol. The second-order valence-electron chi connectivity index (χ2n) is 7.38. The molecule has 0 saturated heterocycles. The van der Waals surface area contributed by atoms with Crippen LogP contribution in [0.3, 0.4) is 0 Å². The number of rotatable bonds is 5. The van der Waals surface area contributed by atoms with Gasteiger partial charge < -0.3 is 29.4 Å². The largest absolute Gasteiger partial charge is 0.493 e. The van der Waals surface area contributed by atoms with Crippen molar-refractivity contribution in [3.63, 3.8) is 0 Å². The van der Waals surface area contributed by atoms with Gasteiger partial charge in [0.25, 0.3) is 5.91 Å². The molecule has 0 unspecified atom stereocenters. The lowest BCUT2D eigenvalue weighted by molar-refractivity contribution is -0.0627. The number of aliphatic hydroxyl groups excluding tert-OH is 1. The van der Waals surface area contributed by atoms with Gasteiger partial charge in [-0.2, -0.15) is 5.26 Å². The molecule has 1 amide bonds. The molecular formula is C22H24N2O6. The normalized spacial score (nSPS) is 19.0. The van der Waals surface area contributed by atoms with Gasteiger partial charge in [-0.1, -0.05) is 0 Å². The van der Waals surface area contributed by atoms with Crippen LogP contribution >= 0.6 is 0 Å². The zero-order valence-electron chi connectivity index (χ0n) is 17.5. The highest BCUT2D eigenvalue weighted by Crippen LogP contribution is 2.41. The Balaban J connectivity index is 2.01. The van der Waals surface area contributed by atoms with E-state index in [2.05, 4.69) is 11.4 Å². The van der Waals surface area contributed by atoms with Crippen LogP contribution in [0.1, 0.15) is 41.4 Å². The Kier molecular flexibility index (Phi) is 5.76. The molecule has 8 nitrogen and oxygen atoms in total. The maximum absolute atomic E-state index is 13.1. The number of nitriles is 1. The number of aliphatic hydroxyl groups is 1. The molecular weight excluding hydrogens is 388 g/mol. The first-order chi connectivity index (χ1) is 14.2. The number of nitrogens with zero attached hydrogens (tertiary/aromatic N) is 1. The van der Waals surface area contributed by atoms with Crippen molar-refractivity contribution in [3.05, 3.63) is 47.0 Å². The molecule has 30 heavy (non-hydrogen) atoms. The van der Waals surface area contributed by atoms with Gasteiger partial charge in [0.2, 0.25) is 5.75 Å². The van der Waals surface area contributed by atoms with Gasteiger partial charge >= 0.3 is 0 Å². The Hall–Kier alpha value is -3.44. The van der Waals surface area contributed by atoms with Crippen LogP contribution < -0.4 is 24.3 Å². The minimum Gasteiger partial charge on any atom is -0.493 e. The number of nitrogens with one attached hydrogen (secondary N) is 1. The fourth-order valence-electron chi connectivity index (χ4n) is 3.46. The van der Waals surface area contributed by atoms with Gasteiger partial charge in [0.1, 0.15) is 17.5 Å². The Morgan fingerprint density at radius 2 is 1.77 bits per heavy atom. The van der Waals surface area contributed by atoms with E-state index in [1.165, 1.54) is 33.5 Å². The number of amides is 1. The summed E-state index contributed by atoms with van der Waals surface area (Å²) in [5.41, 5.74) is 0.242. The van der Waals surface area contributed by atoms with E-state index < -0.39 is 23.7 Å². The van der Waals surface area contributed by atoms with Crippen molar-refractivity contribution in [1.29, 1.82) is 5.26 Å². The number of fused-ring (bicyclic) bond motifs is 1. The van der Waals surface area contributed by atoms with Crippen LogP contribution in [0.25, 0.3) is 0 Å². The fourth-order valence-corrected chi connectivity index (χ4v) is 3.46. The van der Waals surface area contributed by atoms with E-state index in [4.69, 9.17) is 18.9 Å². The van der Waals surface area contributed by atoms with Crippen LogP contribution in [0, 0.1) is 11.3 Å². The smallest absolute Gasteiger partial charge is 0.252 e. The standard InChI is InChI=1S/C22H24N2O6/c1-22(2)20(25)18(14-8-12(11-23)6-7-15(14)30-22)24-21(26)13-9-16(27-3)19(29-5)17(10-13)28-4/h6-10,18,20,25H,1-5H3,(H,24,26)/t18-,20+/m0/s1. The lowest BCUT2D eigenvalue weighted by atomic mass is 9.85. The van der Waals surface area contributed by atoms with Gasteiger partial charge in [-0.25, -0.2) is 0 Å². The first kappa shape index (κ1) is 21.3. The Bertz CT molecular complexity index is 986.